The number of ether oxygens (including phenoxy) is 3. The van der Waals surface area contributed by atoms with Gasteiger partial charge < -0.3 is 38.7 Å². The predicted octanol–water partition coefficient (Wildman–Crippen LogP) is 1.79. The molecule has 0 aliphatic carbocycles. The number of aryl methyl sites for hydroxylation is 1. The lowest BCUT2D eigenvalue weighted by molar-refractivity contribution is -0.149. The van der Waals surface area contributed by atoms with Crippen LogP contribution in [-0.2, 0) is 47.5 Å². The molecule has 0 saturated carbocycles. The number of anilines is 1. The van der Waals surface area contributed by atoms with Crippen LogP contribution in [0.4, 0.5) is 5.82 Å². The fraction of sp³-hybridized carbons (Fsp3) is 0.476. The Morgan fingerprint density at radius 2 is 1.64 bits per heavy atom. The zero-order chi connectivity index (χ0) is 30.4. The monoisotopic (exact) mass is 651 g/mol. The summed E-state index contributed by atoms with van der Waals surface area (Å²) in [5.74, 6) is 1.06. The Morgan fingerprint density at radius 3 is 2.31 bits per heavy atom. The third-order valence-electron chi connectivity index (χ3n) is 6.28. The molecule has 2 aliphatic heterocycles. The number of hydrogen-bond donors (Lipinski definition) is 4. The largest absolute Gasteiger partial charge is 0.490 e. The van der Waals surface area contributed by atoms with Crippen molar-refractivity contribution in [2.75, 3.05) is 25.6 Å². The molecule has 18 nitrogen and oxygen atoms in total. The van der Waals surface area contributed by atoms with Gasteiger partial charge in [-0.2, -0.15) is 8.62 Å². The van der Waals surface area contributed by atoms with Crippen LogP contribution in [0.3, 0.4) is 0 Å². The van der Waals surface area contributed by atoms with E-state index < -0.39 is 60.9 Å². The molecule has 5 rings (SSSR count). The van der Waals surface area contributed by atoms with Crippen molar-refractivity contribution in [2.45, 2.75) is 44.2 Å². The quantitative estimate of drug-likeness (QED) is 0.216. The topological polar surface area (TPSA) is 234 Å². The van der Waals surface area contributed by atoms with E-state index in [9.17, 15) is 23.5 Å². The van der Waals surface area contributed by atoms with E-state index in [1.807, 2.05) is 30.3 Å². The number of nitrogens with zero attached hydrogens (tertiary/aromatic N) is 5. The van der Waals surface area contributed by atoms with E-state index in [0.717, 1.165) is 5.56 Å². The highest BCUT2D eigenvalue weighted by Gasteiger charge is 2.55. The Morgan fingerprint density at radius 1 is 0.952 bits per heavy atom. The number of imidazole rings is 1. The smallest absolute Gasteiger partial charge is 0.361 e. The minimum atomic E-state index is -5.69. The molecule has 4 N–H and O–H groups in total. The van der Waals surface area contributed by atoms with Gasteiger partial charge >= 0.3 is 23.5 Å². The highest BCUT2D eigenvalue weighted by atomic mass is 31.3. The van der Waals surface area contributed by atoms with Gasteiger partial charge in [0.15, 0.2) is 29.5 Å². The summed E-state index contributed by atoms with van der Waals surface area (Å²) in [6, 6.07) is 9.40. The highest BCUT2D eigenvalue weighted by molar-refractivity contribution is 7.66. The molecular formula is C21H28N5O13P3. The number of benzene rings is 1. The molecule has 2 saturated heterocycles. The van der Waals surface area contributed by atoms with Crippen LogP contribution < -0.4 is 4.90 Å². The van der Waals surface area contributed by atoms with Gasteiger partial charge in [-0.25, -0.2) is 28.6 Å². The van der Waals surface area contributed by atoms with Crippen molar-refractivity contribution in [3.8, 4) is 0 Å². The Kier molecular flexibility index (Phi) is 8.75. The summed E-state index contributed by atoms with van der Waals surface area (Å²) in [5.41, 5.74) is 1.85. The summed E-state index contributed by atoms with van der Waals surface area (Å²) < 4.78 is 67.7. The van der Waals surface area contributed by atoms with Crippen molar-refractivity contribution in [2.24, 2.45) is 0 Å². The zero-order valence-electron chi connectivity index (χ0n) is 22.3. The minimum absolute atomic E-state index is 0.375. The second-order valence-corrected chi connectivity index (χ2v) is 14.0. The number of fused-ring (bicyclic) bond motifs is 2. The number of hydrogen-bond acceptors (Lipinski definition) is 13. The van der Waals surface area contributed by atoms with Crippen LogP contribution in [0.25, 0.3) is 11.2 Å². The summed E-state index contributed by atoms with van der Waals surface area (Å²) in [6.07, 6.45) is -2.61. The van der Waals surface area contributed by atoms with E-state index in [-0.39, 0.29) is 0 Å². The van der Waals surface area contributed by atoms with E-state index >= 15 is 0 Å². The van der Waals surface area contributed by atoms with Gasteiger partial charge in [-0.1, -0.05) is 30.3 Å². The molecule has 1 aromatic carbocycles. The normalized spacial score (nSPS) is 27.1. The standard InChI is InChI=1S/C21H28N5O13P3/c1-12-24-16-19(25(2)3)22-11-23-20(16)26(12)21-18-17(36-15(37-18)9-13-7-5-4-6-8-13)14(35-21)10-34-41(30,31)39-42(32,33)38-40(27,28)29/h4-8,11,14-15,17-18,21H,9-10H2,1-3H3,(H,30,31)(H,32,33)(H2,27,28,29)/t14-,15?,17?,18?,21-/m1/s1. The molecule has 0 bridgehead atoms. The van der Waals surface area contributed by atoms with Gasteiger partial charge in [-0.15, -0.1) is 0 Å². The molecule has 7 atom stereocenters. The van der Waals surface area contributed by atoms with Gasteiger partial charge in [0, 0.05) is 20.5 Å². The molecule has 2 fully saturated rings. The van der Waals surface area contributed by atoms with E-state index in [1.54, 1.807) is 30.5 Å². The number of phosphoric ester groups is 1. The molecule has 2 aliphatic rings. The summed E-state index contributed by atoms with van der Waals surface area (Å²) in [6.45, 7) is 1.02. The SMILES string of the molecule is Cc1nc2c(N(C)C)ncnc2n1[C@@H]1O[C@H](COP(=O)(O)OP(=O)(O)OP(=O)(O)O)C2OC(Cc3ccccc3)OC21. The summed E-state index contributed by atoms with van der Waals surface area (Å²) in [5, 5.41) is 0. The van der Waals surface area contributed by atoms with Crippen LogP contribution in [0.15, 0.2) is 36.7 Å². The van der Waals surface area contributed by atoms with E-state index in [4.69, 9.17) is 28.5 Å². The van der Waals surface area contributed by atoms with Crippen LogP contribution >= 0.6 is 23.5 Å². The fourth-order valence-corrected chi connectivity index (χ4v) is 7.78. The molecule has 3 aromatic rings. The van der Waals surface area contributed by atoms with Gasteiger partial charge in [-0.05, 0) is 12.5 Å². The number of aromatic nitrogens is 4. The van der Waals surface area contributed by atoms with Gasteiger partial charge in [0.25, 0.3) is 0 Å². The third-order valence-corrected chi connectivity index (χ3v) is 10.1. The van der Waals surface area contributed by atoms with Gasteiger partial charge in [0.05, 0.1) is 6.61 Å². The number of rotatable bonds is 11. The Balaban J connectivity index is 1.41. The van der Waals surface area contributed by atoms with E-state index in [0.29, 0.717) is 29.2 Å². The van der Waals surface area contributed by atoms with Crippen LogP contribution in [-0.4, -0.2) is 84.4 Å². The first-order chi connectivity index (χ1) is 19.6. The van der Waals surface area contributed by atoms with Crippen molar-refractivity contribution < 1.29 is 60.6 Å². The van der Waals surface area contributed by atoms with E-state index in [2.05, 4.69) is 23.6 Å². The Hall–Kier alpha value is -2.14. The zero-order valence-corrected chi connectivity index (χ0v) is 25.0. The van der Waals surface area contributed by atoms with Crippen molar-refractivity contribution >= 4 is 40.4 Å². The molecule has 0 amide bonds. The van der Waals surface area contributed by atoms with Crippen LogP contribution in [0.1, 0.15) is 17.6 Å². The van der Waals surface area contributed by atoms with Crippen molar-refractivity contribution in [1.82, 2.24) is 19.5 Å². The second kappa shape index (κ2) is 11.7. The van der Waals surface area contributed by atoms with Crippen molar-refractivity contribution in [1.29, 1.82) is 0 Å². The average molecular weight is 651 g/mol. The van der Waals surface area contributed by atoms with Crippen molar-refractivity contribution in [3.63, 3.8) is 0 Å². The second-order valence-electron chi connectivity index (χ2n) is 9.57. The predicted molar refractivity (Wildman–Crippen MR) is 142 cm³/mol. The lowest BCUT2D eigenvalue weighted by Crippen LogP contribution is -2.32. The van der Waals surface area contributed by atoms with Gasteiger partial charge in [0.1, 0.15) is 30.5 Å². The molecule has 0 radical (unpaired) electrons. The molecule has 42 heavy (non-hydrogen) atoms. The molecule has 2 aromatic heterocycles. The Bertz CT molecular complexity index is 1580. The molecule has 230 valence electrons. The fourth-order valence-electron chi connectivity index (χ4n) is 4.75. The van der Waals surface area contributed by atoms with Crippen LogP contribution in [0.5, 0.6) is 0 Å². The summed E-state index contributed by atoms with van der Waals surface area (Å²) in [7, 11) is -13.0. The van der Waals surface area contributed by atoms with Gasteiger partial charge in [-0.3, -0.25) is 9.09 Å². The lowest BCUT2D eigenvalue weighted by atomic mass is 10.1. The first-order valence-corrected chi connectivity index (χ1v) is 16.8. The average Bonchev–Trinajstić information content (AvgIpc) is 3.51. The maximum Gasteiger partial charge on any atom is 0.490 e. The maximum atomic E-state index is 12.4. The third kappa shape index (κ3) is 6.98. The van der Waals surface area contributed by atoms with Crippen LogP contribution in [0.2, 0.25) is 0 Å². The molecule has 0 spiro atoms. The van der Waals surface area contributed by atoms with Gasteiger partial charge in [0.2, 0.25) is 0 Å². The summed E-state index contributed by atoms with van der Waals surface area (Å²) >= 11 is 0. The minimum Gasteiger partial charge on any atom is -0.361 e. The van der Waals surface area contributed by atoms with E-state index in [1.165, 1.54) is 6.33 Å². The lowest BCUT2D eigenvalue weighted by Gasteiger charge is -2.23. The number of phosphoric acid groups is 3. The molecule has 4 heterocycles. The Labute approximate surface area is 238 Å². The molecular weight excluding hydrogens is 623 g/mol. The first-order valence-electron chi connectivity index (χ1n) is 12.3. The molecule has 21 heteroatoms. The summed E-state index contributed by atoms with van der Waals surface area (Å²) in [4.78, 5) is 52.0. The maximum absolute atomic E-state index is 12.4. The first kappa shape index (κ1) is 31.3. The molecule has 5 unspecified atom stereocenters. The van der Waals surface area contributed by atoms with Crippen molar-refractivity contribution in [3.05, 3.63) is 48.0 Å². The highest BCUT2D eigenvalue weighted by Crippen LogP contribution is 2.66. The van der Waals surface area contributed by atoms with Crippen LogP contribution in [0, 0.1) is 6.92 Å².